The lowest BCUT2D eigenvalue weighted by Crippen LogP contribution is -2.01. The molecule has 21 heavy (non-hydrogen) atoms. The summed E-state index contributed by atoms with van der Waals surface area (Å²) in [6, 6.07) is 16.4. The first kappa shape index (κ1) is 13.9. The molecule has 104 valence electrons. The first-order chi connectivity index (χ1) is 10.1. The third kappa shape index (κ3) is 3.01. The van der Waals surface area contributed by atoms with Crippen molar-refractivity contribution in [2.75, 3.05) is 0 Å². The SMILES string of the molecule is O=C(O)c1cc2ccccc2nc1Sc1cccc(Cl)c1. The van der Waals surface area contributed by atoms with Crippen LogP contribution in [0.5, 0.6) is 0 Å². The van der Waals surface area contributed by atoms with Gasteiger partial charge < -0.3 is 5.11 Å². The molecule has 0 bridgehead atoms. The van der Waals surface area contributed by atoms with Crippen LogP contribution in [0.4, 0.5) is 0 Å². The summed E-state index contributed by atoms with van der Waals surface area (Å²) in [5.74, 6) is -0.988. The number of carboxylic acids is 1. The minimum absolute atomic E-state index is 0.193. The smallest absolute Gasteiger partial charge is 0.338 e. The van der Waals surface area contributed by atoms with Gasteiger partial charge in [0, 0.05) is 15.3 Å². The molecule has 0 atom stereocenters. The topological polar surface area (TPSA) is 50.2 Å². The summed E-state index contributed by atoms with van der Waals surface area (Å²) in [5.41, 5.74) is 0.964. The van der Waals surface area contributed by atoms with E-state index >= 15 is 0 Å². The summed E-state index contributed by atoms with van der Waals surface area (Å²) < 4.78 is 0. The highest BCUT2D eigenvalue weighted by molar-refractivity contribution is 7.99. The van der Waals surface area contributed by atoms with Crippen LogP contribution in [0.3, 0.4) is 0 Å². The normalized spacial score (nSPS) is 10.7. The third-order valence-corrected chi connectivity index (χ3v) is 4.16. The van der Waals surface area contributed by atoms with Gasteiger partial charge in [-0.15, -0.1) is 0 Å². The first-order valence-corrected chi connectivity index (χ1v) is 7.39. The molecule has 0 saturated heterocycles. The minimum Gasteiger partial charge on any atom is -0.478 e. The average Bonchev–Trinajstić information content (AvgIpc) is 2.46. The van der Waals surface area contributed by atoms with Gasteiger partial charge in [0.15, 0.2) is 0 Å². The van der Waals surface area contributed by atoms with E-state index in [2.05, 4.69) is 4.98 Å². The van der Waals surface area contributed by atoms with Crippen LogP contribution in [-0.4, -0.2) is 16.1 Å². The number of carboxylic acid groups (broad SMARTS) is 1. The van der Waals surface area contributed by atoms with Gasteiger partial charge in [-0.25, -0.2) is 9.78 Å². The zero-order valence-electron chi connectivity index (χ0n) is 10.8. The highest BCUT2D eigenvalue weighted by Gasteiger charge is 2.14. The van der Waals surface area contributed by atoms with E-state index in [1.807, 2.05) is 36.4 Å². The van der Waals surface area contributed by atoms with Crippen molar-refractivity contribution in [1.82, 2.24) is 4.98 Å². The maximum atomic E-state index is 11.4. The zero-order chi connectivity index (χ0) is 14.8. The number of hydrogen-bond acceptors (Lipinski definition) is 3. The Bertz CT molecular complexity index is 835. The summed E-state index contributed by atoms with van der Waals surface area (Å²) in [6.07, 6.45) is 0. The van der Waals surface area contributed by atoms with Crippen molar-refractivity contribution in [3.8, 4) is 0 Å². The van der Waals surface area contributed by atoms with Gasteiger partial charge in [-0.3, -0.25) is 0 Å². The molecule has 2 aromatic carbocycles. The number of halogens is 1. The number of rotatable bonds is 3. The van der Waals surface area contributed by atoms with Gasteiger partial charge in [-0.2, -0.15) is 0 Å². The van der Waals surface area contributed by atoms with E-state index in [0.29, 0.717) is 10.0 Å². The van der Waals surface area contributed by atoms with E-state index in [4.69, 9.17) is 11.6 Å². The predicted molar refractivity (Wildman–Crippen MR) is 84.3 cm³/mol. The number of pyridine rings is 1. The highest BCUT2D eigenvalue weighted by Crippen LogP contribution is 2.32. The zero-order valence-corrected chi connectivity index (χ0v) is 12.4. The molecule has 3 nitrogen and oxygen atoms in total. The molecule has 0 saturated carbocycles. The Balaban J connectivity index is 2.11. The second-order valence-electron chi connectivity index (χ2n) is 4.40. The minimum atomic E-state index is -0.988. The van der Waals surface area contributed by atoms with Crippen LogP contribution in [-0.2, 0) is 0 Å². The fraction of sp³-hybridized carbons (Fsp3) is 0. The molecule has 0 aliphatic carbocycles. The Hall–Kier alpha value is -2.04. The van der Waals surface area contributed by atoms with Crippen molar-refractivity contribution >= 4 is 40.2 Å². The lowest BCUT2D eigenvalue weighted by Gasteiger charge is -2.07. The fourth-order valence-electron chi connectivity index (χ4n) is 1.97. The van der Waals surface area contributed by atoms with E-state index in [-0.39, 0.29) is 5.56 Å². The van der Waals surface area contributed by atoms with Crippen LogP contribution in [0.25, 0.3) is 10.9 Å². The van der Waals surface area contributed by atoms with Crippen molar-refractivity contribution in [2.24, 2.45) is 0 Å². The quantitative estimate of drug-likeness (QED) is 0.758. The van der Waals surface area contributed by atoms with Crippen molar-refractivity contribution in [3.05, 3.63) is 65.2 Å². The average molecular weight is 316 g/mol. The number of fused-ring (bicyclic) bond motifs is 1. The number of hydrogen-bond donors (Lipinski definition) is 1. The molecule has 3 aromatic rings. The second kappa shape index (κ2) is 5.76. The molecular formula is C16H10ClNO2S. The standard InChI is InChI=1S/C16H10ClNO2S/c17-11-5-3-6-12(9-11)21-15-13(16(19)20)8-10-4-1-2-7-14(10)18-15/h1-9H,(H,19,20). The van der Waals surface area contributed by atoms with Gasteiger partial charge in [-0.05, 0) is 30.3 Å². The fourth-order valence-corrected chi connectivity index (χ4v) is 3.18. The maximum Gasteiger partial charge on any atom is 0.338 e. The third-order valence-electron chi connectivity index (χ3n) is 2.93. The summed E-state index contributed by atoms with van der Waals surface area (Å²) >= 11 is 7.25. The van der Waals surface area contributed by atoms with Gasteiger partial charge in [-0.1, -0.05) is 47.6 Å². The van der Waals surface area contributed by atoms with Crippen LogP contribution in [0, 0.1) is 0 Å². The Morgan fingerprint density at radius 1 is 1.10 bits per heavy atom. The Kier molecular flexibility index (Phi) is 3.82. The number of nitrogens with zero attached hydrogens (tertiary/aromatic N) is 1. The molecule has 0 spiro atoms. The molecule has 0 unspecified atom stereocenters. The van der Waals surface area contributed by atoms with Gasteiger partial charge in [0.25, 0.3) is 0 Å². The molecule has 0 amide bonds. The highest BCUT2D eigenvalue weighted by atomic mass is 35.5. The second-order valence-corrected chi connectivity index (χ2v) is 5.90. The Morgan fingerprint density at radius 3 is 2.67 bits per heavy atom. The number of aromatic carboxylic acids is 1. The monoisotopic (exact) mass is 315 g/mol. The van der Waals surface area contributed by atoms with Crippen LogP contribution in [0.1, 0.15) is 10.4 Å². The molecule has 0 fully saturated rings. The summed E-state index contributed by atoms with van der Waals surface area (Å²) in [7, 11) is 0. The maximum absolute atomic E-state index is 11.4. The Labute approximate surface area is 130 Å². The number of aromatic nitrogens is 1. The van der Waals surface area contributed by atoms with Crippen molar-refractivity contribution in [3.63, 3.8) is 0 Å². The number of carbonyl (C=O) groups is 1. The summed E-state index contributed by atoms with van der Waals surface area (Å²) in [5, 5.41) is 11.3. The van der Waals surface area contributed by atoms with Crippen LogP contribution in [0.2, 0.25) is 5.02 Å². The van der Waals surface area contributed by atoms with E-state index in [1.165, 1.54) is 11.8 Å². The molecule has 1 N–H and O–H groups in total. The van der Waals surface area contributed by atoms with E-state index in [1.54, 1.807) is 18.2 Å². The van der Waals surface area contributed by atoms with Crippen LogP contribution in [0.15, 0.2) is 64.5 Å². The van der Waals surface area contributed by atoms with E-state index < -0.39 is 5.97 Å². The molecule has 0 aliphatic rings. The molecule has 0 aliphatic heterocycles. The van der Waals surface area contributed by atoms with Gasteiger partial charge >= 0.3 is 5.97 Å². The van der Waals surface area contributed by atoms with Crippen molar-refractivity contribution < 1.29 is 9.90 Å². The van der Waals surface area contributed by atoms with E-state index in [9.17, 15) is 9.90 Å². The molecule has 5 heteroatoms. The summed E-state index contributed by atoms with van der Waals surface area (Å²) in [4.78, 5) is 16.8. The lowest BCUT2D eigenvalue weighted by atomic mass is 10.1. The number of para-hydroxylation sites is 1. The predicted octanol–water partition coefficient (Wildman–Crippen LogP) is 4.74. The molecule has 1 heterocycles. The van der Waals surface area contributed by atoms with Gasteiger partial charge in [0.2, 0.25) is 0 Å². The van der Waals surface area contributed by atoms with Crippen molar-refractivity contribution in [2.45, 2.75) is 9.92 Å². The molecule has 3 rings (SSSR count). The first-order valence-electron chi connectivity index (χ1n) is 6.20. The van der Waals surface area contributed by atoms with Crippen molar-refractivity contribution in [1.29, 1.82) is 0 Å². The summed E-state index contributed by atoms with van der Waals surface area (Å²) in [6.45, 7) is 0. The van der Waals surface area contributed by atoms with Crippen LogP contribution < -0.4 is 0 Å². The molecular weight excluding hydrogens is 306 g/mol. The van der Waals surface area contributed by atoms with Gasteiger partial charge in [0.05, 0.1) is 11.1 Å². The van der Waals surface area contributed by atoms with Crippen LogP contribution >= 0.6 is 23.4 Å². The largest absolute Gasteiger partial charge is 0.478 e. The molecule has 0 radical (unpaired) electrons. The lowest BCUT2D eigenvalue weighted by molar-refractivity contribution is 0.0692. The Morgan fingerprint density at radius 2 is 1.90 bits per heavy atom. The van der Waals surface area contributed by atoms with E-state index in [0.717, 1.165) is 15.8 Å². The van der Waals surface area contributed by atoms with Gasteiger partial charge in [0.1, 0.15) is 5.03 Å². The molecule has 1 aromatic heterocycles. The number of benzene rings is 2.